The van der Waals surface area contributed by atoms with Gasteiger partial charge in [-0.15, -0.1) is 0 Å². The lowest BCUT2D eigenvalue weighted by Crippen LogP contribution is -2.05. The molecule has 1 unspecified atom stereocenters. The number of rotatable bonds is 3. The van der Waals surface area contributed by atoms with Gasteiger partial charge in [0, 0.05) is 38.9 Å². The summed E-state index contributed by atoms with van der Waals surface area (Å²) in [6, 6.07) is 8.20. The Kier molecular flexibility index (Phi) is 3.29. The molecule has 2 rings (SSSR count). The molecule has 1 aromatic heterocycles. The summed E-state index contributed by atoms with van der Waals surface area (Å²) in [5.41, 5.74) is 1.17. The lowest BCUT2D eigenvalue weighted by Gasteiger charge is -2.05. The Balaban J connectivity index is 2.84. The molecule has 0 saturated heterocycles. The normalized spacial score (nSPS) is 14.8. The lowest BCUT2D eigenvalue weighted by atomic mass is 10.2. The average molecular weight is 249 g/mol. The van der Waals surface area contributed by atoms with Gasteiger partial charge in [0.05, 0.1) is 4.90 Å². The number of benzene rings is 1. The van der Waals surface area contributed by atoms with E-state index in [1.807, 2.05) is 31.3 Å². The smallest absolute Gasteiger partial charge is 0.0562 e. The van der Waals surface area contributed by atoms with Crippen LogP contribution in [0.2, 0.25) is 0 Å². The van der Waals surface area contributed by atoms with E-state index in [1.165, 1.54) is 5.52 Å². The van der Waals surface area contributed by atoms with Crippen molar-refractivity contribution in [2.24, 2.45) is 0 Å². The molecule has 92 valence electrons. The molecule has 17 heavy (non-hydrogen) atoms. The van der Waals surface area contributed by atoms with E-state index in [0.717, 1.165) is 16.8 Å². The minimum absolute atomic E-state index is 0.668. The molecule has 0 bridgehead atoms. The van der Waals surface area contributed by atoms with E-state index in [4.69, 9.17) is 0 Å². The van der Waals surface area contributed by atoms with Gasteiger partial charge >= 0.3 is 0 Å². The SMILES string of the molecule is CC=S(=O)(CC)c1cn(CC)c2ccccc12. The molecule has 2 nitrogen and oxygen atoms in total. The summed E-state index contributed by atoms with van der Waals surface area (Å²) in [5.74, 6) is 0.668. The molecule has 0 aliphatic heterocycles. The summed E-state index contributed by atoms with van der Waals surface area (Å²) < 4.78 is 15.0. The van der Waals surface area contributed by atoms with Gasteiger partial charge in [-0.1, -0.05) is 25.1 Å². The first-order valence-electron chi connectivity index (χ1n) is 6.05. The zero-order valence-electron chi connectivity index (χ0n) is 10.6. The van der Waals surface area contributed by atoms with Gasteiger partial charge in [0.15, 0.2) is 0 Å². The van der Waals surface area contributed by atoms with E-state index in [1.54, 1.807) is 0 Å². The molecule has 2 aromatic rings. The first kappa shape index (κ1) is 12.2. The van der Waals surface area contributed by atoms with Crippen LogP contribution < -0.4 is 0 Å². The molecule has 0 saturated carbocycles. The van der Waals surface area contributed by atoms with Crippen molar-refractivity contribution < 1.29 is 4.21 Å². The zero-order chi connectivity index (χ0) is 12.5. The van der Waals surface area contributed by atoms with Crippen LogP contribution >= 0.6 is 0 Å². The molecule has 1 aromatic carbocycles. The van der Waals surface area contributed by atoms with Crippen molar-refractivity contribution in [3.63, 3.8) is 0 Å². The van der Waals surface area contributed by atoms with Crippen molar-refractivity contribution in [2.75, 3.05) is 5.75 Å². The van der Waals surface area contributed by atoms with E-state index in [2.05, 4.69) is 29.8 Å². The van der Waals surface area contributed by atoms with Crippen molar-refractivity contribution in [1.82, 2.24) is 4.57 Å². The van der Waals surface area contributed by atoms with Crippen LogP contribution in [0.15, 0.2) is 35.4 Å². The molecule has 0 spiro atoms. The minimum Gasteiger partial charge on any atom is -0.347 e. The Hall–Kier alpha value is -1.22. The summed E-state index contributed by atoms with van der Waals surface area (Å²) in [6.07, 6.45) is 2.05. The largest absolute Gasteiger partial charge is 0.347 e. The first-order chi connectivity index (χ1) is 8.16. The van der Waals surface area contributed by atoms with Gasteiger partial charge in [-0.25, -0.2) is 0 Å². The predicted octanol–water partition coefficient (Wildman–Crippen LogP) is 3.15. The number of hydrogen-bond acceptors (Lipinski definition) is 1. The van der Waals surface area contributed by atoms with Crippen LogP contribution in [0.25, 0.3) is 10.9 Å². The van der Waals surface area contributed by atoms with Gasteiger partial charge in [-0.2, -0.15) is 0 Å². The topological polar surface area (TPSA) is 22.0 Å². The van der Waals surface area contributed by atoms with Crippen LogP contribution in [0.3, 0.4) is 0 Å². The fraction of sp³-hybridized carbons (Fsp3) is 0.357. The van der Waals surface area contributed by atoms with Crippen LogP contribution in [0.4, 0.5) is 0 Å². The second-order valence-electron chi connectivity index (χ2n) is 4.05. The number of para-hydroxylation sites is 1. The van der Waals surface area contributed by atoms with Gasteiger partial charge in [0.25, 0.3) is 0 Å². The molecular formula is C14H19NOS. The monoisotopic (exact) mass is 249 g/mol. The summed E-state index contributed by atoms with van der Waals surface area (Å²) in [7, 11) is -2.01. The van der Waals surface area contributed by atoms with Crippen molar-refractivity contribution >= 4 is 25.8 Å². The summed E-state index contributed by atoms with van der Waals surface area (Å²) in [6.45, 7) is 6.90. The summed E-state index contributed by atoms with van der Waals surface area (Å²) in [5, 5.41) is 2.98. The Bertz CT molecular complexity index is 645. The standard InChI is InChI=1S/C14H19NOS/c1-4-15-11-14(17(16,5-2)6-3)12-9-7-8-10-13(12)15/h5,7-11H,4,6H2,1-3H3. The van der Waals surface area contributed by atoms with Crippen molar-refractivity contribution in [2.45, 2.75) is 32.2 Å². The van der Waals surface area contributed by atoms with Gasteiger partial charge in [0.2, 0.25) is 0 Å². The van der Waals surface area contributed by atoms with E-state index in [0.29, 0.717) is 5.75 Å². The van der Waals surface area contributed by atoms with Crippen LogP contribution in [-0.4, -0.2) is 19.9 Å². The maximum absolute atomic E-state index is 12.8. The van der Waals surface area contributed by atoms with Gasteiger partial charge < -0.3 is 4.57 Å². The summed E-state index contributed by atoms with van der Waals surface area (Å²) >= 11 is 0. The second-order valence-corrected chi connectivity index (χ2v) is 6.99. The number of fused-ring (bicyclic) bond motifs is 1. The molecule has 3 heteroatoms. The van der Waals surface area contributed by atoms with E-state index < -0.39 is 9.52 Å². The molecule has 0 amide bonds. The lowest BCUT2D eigenvalue weighted by molar-refractivity contribution is 0.681. The molecule has 0 N–H and O–H groups in total. The van der Waals surface area contributed by atoms with Crippen LogP contribution in [0.1, 0.15) is 20.8 Å². The molecule has 1 atom stereocenters. The fourth-order valence-electron chi connectivity index (χ4n) is 2.20. The van der Waals surface area contributed by atoms with E-state index in [9.17, 15) is 4.21 Å². The number of aromatic nitrogens is 1. The number of nitrogens with zero attached hydrogens (tertiary/aromatic N) is 1. The predicted molar refractivity (Wildman–Crippen MR) is 76.3 cm³/mol. The van der Waals surface area contributed by atoms with Gasteiger partial charge in [-0.3, -0.25) is 4.21 Å². The highest BCUT2D eigenvalue weighted by Crippen LogP contribution is 2.26. The third kappa shape index (κ3) is 1.89. The molecule has 0 aliphatic carbocycles. The summed E-state index contributed by atoms with van der Waals surface area (Å²) in [4.78, 5) is 0.986. The highest BCUT2D eigenvalue weighted by atomic mass is 32.2. The van der Waals surface area contributed by atoms with Crippen molar-refractivity contribution in [3.8, 4) is 0 Å². The molecule has 0 fully saturated rings. The maximum Gasteiger partial charge on any atom is 0.0562 e. The highest BCUT2D eigenvalue weighted by Gasteiger charge is 2.14. The van der Waals surface area contributed by atoms with Gasteiger partial charge in [0.1, 0.15) is 0 Å². The molecular weight excluding hydrogens is 230 g/mol. The maximum atomic E-state index is 12.8. The Labute approximate surface area is 103 Å². The fourth-order valence-corrected chi connectivity index (χ4v) is 3.95. The minimum atomic E-state index is -2.01. The van der Waals surface area contributed by atoms with Crippen LogP contribution in [-0.2, 0) is 16.1 Å². The highest BCUT2D eigenvalue weighted by molar-refractivity contribution is 8.01. The quantitative estimate of drug-likeness (QED) is 0.766. The van der Waals surface area contributed by atoms with Gasteiger partial charge in [-0.05, 0) is 25.3 Å². The zero-order valence-corrected chi connectivity index (χ0v) is 11.5. The molecule has 0 aliphatic rings. The van der Waals surface area contributed by atoms with E-state index >= 15 is 0 Å². The van der Waals surface area contributed by atoms with Crippen molar-refractivity contribution in [3.05, 3.63) is 30.5 Å². The first-order valence-corrected chi connectivity index (χ1v) is 7.84. The third-order valence-electron chi connectivity index (χ3n) is 3.27. The Morgan fingerprint density at radius 2 is 2.00 bits per heavy atom. The number of hydrogen-bond donors (Lipinski definition) is 0. The average Bonchev–Trinajstić information content (AvgIpc) is 2.77. The Morgan fingerprint density at radius 3 is 2.59 bits per heavy atom. The van der Waals surface area contributed by atoms with Crippen LogP contribution in [0.5, 0.6) is 0 Å². The van der Waals surface area contributed by atoms with Crippen molar-refractivity contribution in [1.29, 1.82) is 0 Å². The molecule has 1 heterocycles. The van der Waals surface area contributed by atoms with Crippen LogP contribution in [0, 0.1) is 0 Å². The number of aryl methyl sites for hydroxylation is 1. The van der Waals surface area contributed by atoms with E-state index in [-0.39, 0.29) is 0 Å². The molecule has 0 radical (unpaired) electrons. The second kappa shape index (κ2) is 4.57. The Morgan fingerprint density at radius 1 is 1.29 bits per heavy atom. The third-order valence-corrected chi connectivity index (χ3v) is 5.96.